The Hall–Kier alpha value is -1.00. The second-order valence-corrected chi connectivity index (χ2v) is 3.24. The number of hydrogen-bond acceptors (Lipinski definition) is 2. The van der Waals surface area contributed by atoms with Gasteiger partial charge in [0.2, 0.25) is 0 Å². The summed E-state index contributed by atoms with van der Waals surface area (Å²) in [6.07, 6.45) is -3.25. The molecule has 0 aliphatic rings. The second kappa shape index (κ2) is 4.48. The molecule has 0 fully saturated rings. The molecule has 0 radical (unpaired) electrons. The number of aliphatic hydroxyl groups excluding tert-OH is 1. The lowest BCUT2D eigenvalue weighted by Crippen LogP contribution is -2.23. The van der Waals surface area contributed by atoms with Crippen molar-refractivity contribution in [1.29, 1.82) is 0 Å². The largest absolute Gasteiger partial charge is 0.391 e. The maximum atomic E-state index is 12.3. The maximum absolute atomic E-state index is 12.3. The van der Waals surface area contributed by atoms with Crippen LogP contribution in [0.1, 0.15) is 30.5 Å². The first-order valence-corrected chi connectivity index (χ1v) is 4.34. The van der Waals surface area contributed by atoms with Gasteiger partial charge in [-0.25, -0.2) is 8.78 Å². The van der Waals surface area contributed by atoms with Crippen molar-refractivity contribution in [2.75, 3.05) is 0 Å². The average molecular weight is 201 g/mol. The van der Waals surface area contributed by atoms with Crippen molar-refractivity contribution in [2.45, 2.75) is 25.5 Å². The second-order valence-electron chi connectivity index (χ2n) is 3.24. The van der Waals surface area contributed by atoms with Crippen molar-refractivity contribution in [1.82, 2.24) is 0 Å². The molecule has 3 N–H and O–H groups in total. The van der Waals surface area contributed by atoms with E-state index in [0.717, 1.165) is 0 Å². The number of aliphatic hydroxyl groups is 1. The Labute approximate surface area is 81.4 Å². The third-order valence-corrected chi connectivity index (χ3v) is 2.07. The van der Waals surface area contributed by atoms with Crippen molar-refractivity contribution >= 4 is 0 Å². The first-order valence-electron chi connectivity index (χ1n) is 4.34. The predicted octanol–water partition coefficient (Wildman–Crippen LogP) is 2.00. The van der Waals surface area contributed by atoms with E-state index in [1.54, 1.807) is 6.07 Å². The van der Waals surface area contributed by atoms with Crippen LogP contribution in [0.3, 0.4) is 0 Å². The summed E-state index contributed by atoms with van der Waals surface area (Å²) >= 11 is 0. The van der Waals surface area contributed by atoms with Gasteiger partial charge in [-0.3, -0.25) is 0 Å². The lowest BCUT2D eigenvalue weighted by atomic mass is 10.0. The van der Waals surface area contributed by atoms with Crippen LogP contribution in [0, 0.1) is 0 Å². The molecule has 1 aromatic rings. The Morgan fingerprint density at radius 1 is 1.29 bits per heavy atom. The normalized spacial score (nSPS) is 15.6. The molecule has 0 bridgehead atoms. The maximum Gasteiger partial charge on any atom is 0.263 e. The van der Waals surface area contributed by atoms with E-state index in [1.165, 1.54) is 25.1 Å². The van der Waals surface area contributed by atoms with Gasteiger partial charge in [0.15, 0.2) is 0 Å². The summed E-state index contributed by atoms with van der Waals surface area (Å²) in [6, 6.07) is 5.18. The molecule has 4 heteroatoms. The summed E-state index contributed by atoms with van der Waals surface area (Å²) in [4.78, 5) is 0. The van der Waals surface area contributed by atoms with Crippen LogP contribution in [-0.4, -0.2) is 11.2 Å². The molecule has 2 nitrogen and oxygen atoms in total. The highest BCUT2D eigenvalue weighted by Gasteiger charge is 2.14. The van der Waals surface area contributed by atoms with Crippen molar-refractivity contribution in [2.24, 2.45) is 5.73 Å². The Kier molecular flexibility index (Phi) is 3.55. The van der Waals surface area contributed by atoms with E-state index in [2.05, 4.69) is 0 Å². The number of alkyl halides is 2. The standard InChI is InChI=1S/C10H13F2NO/c1-6(14)9(13)7-3-2-4-8(5-7)10(11)12/h2-6,9-10,14H,13H2,1H3/t6-,9+/m1/s1. The third kappa shape index (κ3) is 2.49. The summed E-state index contributed by atoms with van der Waals surface area (Å²) in [7, 11) is 0. The van der Waals surface area contributed by atoms with E-state index < -0.39 is 18.6 Å². The number of rotatable bonds is 3. The fraction of sp³-hybridized carbons (Fsp3) is 0.400. The fourth-order valence-corrected chi connectivity index (χ4v) is 1.18. The topological polar surface area (TPSA) is 46.2 Å². The summed E-state index contributed by atoms with van der Waals surface area (Å²) in [5.41, 5.74) is 6.07. The average Bonchev–Trinajstić information content (AvgIpc) is 2.16. The molecule has 0 aliphatic heterocycles. The summed E-state index contributed by atoms with van der Waals surface area (Å²) < 4.78 is 24.6. The van der Waals surface area contributed by atoms with E-state index in [4.69, 9.17) is 5.73 Å². The zero-order chi connectivity index (χ0) is 10.7. The Morgan fingerprint density at radius 3 is 2.36 bits per heavy atom. The van der Waals surface area contributed by atoms with Crippen molar-refractivity contribution in [3.05, 3.63) is 35.4 Å². The van der Waals surface area contributed by atoms with Crippen LogP contribution in [-0.2, 0) is 0 Å². The summed E-state index contributed by atoms with van der Waals surface area (Å²) in [5.74, 6) is 0. The molecule has 0 aromatic heterocycles. The molecule has 0 unspecified atom stereocenters. The first-order chi connectivity index (χ1) is 6.52. The molecule has 14 heavy (non-hydrogen) atoms. The van der Waals surface area contributed by atoms with Crippen LogP contribution < -0.4 is 5.73 Å². The zero-order valence-electron chi connectivity index (χ0n) is 7.82. The molecular formula is C10H13F2NO. The first kappa shape index (κ1) is 11.1. The van der Waals surface area contributed by atoms with Crippen LogP contribution in [0.15, 0.2) is 24.3 Å². The van der Waals surface area contributed by atoms with Gasteiger partial charge >= 0.3 is 0 Å². The fourth-order valence-electron chi connectivity index (χ4n) is 1.18. The van der Waals surface area contributed by atoms with Gasteiger partial charge in [-0.1, -0.05) is 18.2 Å². The minimum atomic E-state index is -2.50. The molecule has 0 spiro atoms. The van der Waals surface area contributed by atoms with Crippen LogP contribution >= 0.6 is 0 Å². The molecule has 2 atom stereocenters. The van der Waals surface area contributed by atoms with Gasteiger partial charge < -0.3 is 10.8 Å². The Bertz CT molecular complexity index is 302. The molecule has 78 valence electrons. The highest BCUT2D eigenvalue weighted by molar-refractivity contribution is 5.27. The molecule has 1 aromatic carbocycles. The monoisotopic (exact) mass is 201 g/mol. The molecule has 0 aliphatic carbocycles. The number of hydrogen-bond donors (Lipinski definition) is 2. The lowest BCUT2D eigenvalue weighted by Gasteiger charge is -2.15. The molecular weight excluding hydrogens is 188 g/mol. The lowest BCUT2D eigenvalue weighted by molar-refractivity contribution is 0.149. The van der Waals surface area contributed by atoms with E-state index in [1.807, 2.05) is 0 Å². The quantitative estimate of drug-likeness (QED) is 0.785. The summed E-state index contributed by atoms with van der Waals surface area (Å²) in [5, 5.41) is 9.19. The van der Waals surface area contributed by atoms with E-state index in [-0.39, 0.29) is 5.56 Å². The van der Waals surface area contributed by atoms with Gasteiger partial charge in [0, 0.05) is 5.56 Å². The SMILES string of the molecule is C[C@@H](O)[C@H](N)c1cccc(C(F)F)c1. The van der Waals surface area contributed by atoms with Crippen LogP contribution in [0.4, 0.5) is 8.78 Å². The molecule has 1 rings (SSSR count). The van der Waals surface area contributed by atoms with Crippen molar-refractivity contribution in [3.8, 4) is 0 Å². The van der Waals surface area contributed by atoms with Crippen LogP contribution in [0.25, 0.3) is 0 Å². The Morgan fingerprint density at radius 2 is 1.86 bits per heavy atom. The molecule has 0 saturated heterocycles. The Balaban J connectivity index is 2.93. The molecule has 0 saturated carbocycles. The van der Waals surface area contributed by atoms with Crippen molar-refractivity contribution < 1.29 is 13.9 Å². The number of nitrogens with two attached hydrogens (primary N) is 1. The number of benzene rings is 1. The minimum absolute atomic E-state index is 0.0707. The van der Waals surface area contributed by atoms with Crippen molar-refractivity contribution in [3.63, 3.8) is 0 Å². The van der Waals surface area contributed by atoms with Crippen LogP contribution in [0.5, 0.6) is 0 Å². The zero-order valence-corrected chi connectivity index (χ0v) is 7.82. The highest BCUT2D eigenvalue weighted by atomic mass is 19.3. The van der Waals surface area contributed by atoms with Crippen LogP contribution in [0.2, 0.25) is 0 Å². The molecule has 0 heterocycles. The predicted molar refractivity (Wildman–Crippen MR) is 50.0 cm³/mol. The van der Waals surface area contributed by atoms with Gasteiger partial charge in [0.05, 0.1) is 12.1 Å². The third-order valence-electron chi connectivity index (χ3n) is 2.07. The van der Waals surface area contributed by atoms with Gasteiger partial charge in [-0.15, -0.1) is 0 Å². The summed E-state index contributed by atoms with van der Waals surface area (Å²) in [6.45, 7) is 1.53. The van der Waals surface area contributed by atoms with Gasteiger partial charge in [0.25, 0.3) is 6.43 Å². The minimum Gasteiger partial charge on any atom is -0.391 e. The molecule has 0 amide bonds. The van der Waals surface area contributed by atoms with Gasteiger partial charge in [0.1, 0.15) is 0 Å². The highest BCUT2D eigenvalue weighted by Crippen LogP contribution is 2.22. The van der Waals surface area contributed by atoms with E-state index >= 15 is 0 Å². The number of halogens is 2. The van der Waals surface area contributed by atoms with Gasteiger partial charge in [-0.2, -0.15) is 0 Å². The smallest absolute Gasteiger partial charge is 0.263 e. The van der Waals surface area contributed by atoms with E-state index in [9.17, 15) is 13.9 Å². The van der Waals surface area contributed by atoms with E-state index in [0.29, 0.717) is 5.56 Å². The van der Waals surface area contributed by atoms with Gasteiger partial charge in [-0.05, 0) is 18.6 Å².